The largest absolute Gasteiger partial charge is 0.394 e. The summed E-state index contributed by atoms with van der Waals surface area (Å²) >= 11 is 0. The van der Waals surface area contributed by atoms with E-state index < -0.39 is 37.1 Å². The fourth-order valence-electron chi connectivity index (χ4n) is 7.14. The molecule has 7 nitrogen and oxygen atoms in total. The zero-order valence-corrected chi connectivity index (χ0v) is 32.5. The summed E-state index contributed by atoms with van der Waals surface area (Å²) in [5, 5.41) is 40.4. The van der Waals surface area contributed by atoms with E-state index in [0.717, 1.165) is 19.4 Å². The quantitative estimate of drug-likeness (QED) is 0.0478. The molecule has 49 heavy (non-hydrogen) atoms. The molecule has 1 fully saturated rings. The molecule has 0 aromatic carbocycles. The molecule has 1 heterocycles. The van der Waals surface area contributed by atoms with Crippen LogP contribution in [0.25, 0.3) is 0 Å². The standard InChI is InChI=1S/C42H84O7/c1-3-5-7-9-11-13-15-17-19-21-23-25-27-29-33-47-36-37(31-32-38-40(44)42(46)41(45)39(35-43)49-38)48-34-30-28-26-24-22-20-18-16-14-12-10-8-6-4-2/h37-46H,3-36H2,1-2H3/t37-,38-,39+,40-,41+,42+/m0/s1. The van der Waals surface area contributed by atoms with Crippen molar-refractivity contribution < 1.29 is 34.6 Å². The molecular formula is C42H84O7. The molecule has 7 heteroatoms. The van der Waals surface area contributed by atoms with Gasteiger partial charge in [0.15, 0.2) is 0 Å². The van der Waals surface area contributed by atoms with E-state index in [1.165, 1.54) is 167 Å². The highest BCUT2D eigenvalue weighted by molar-refractivity contribution is 4.92. The minimum Gasteiger partial charge on any atom is -0.394 e. The topological polar surface area (TPSA) is 109 Å². The van der Waals surface area contributed by atoms with Gasteiger partial charge in [0.2, 0.25) is 0 Å². The zero-order valence-electron chi connectivity index (χ0n) is 32.5. The molecule has 0 unspecified atom stereocenters. The number of hydrogen-bond acceptors (Lipinski definition) is 7. The second kappa shape index (κ2) is 34.8. The Labute approximate surface area is 303 Å². The smallest absolute Gasteiger partial charge is 0.111 e. The van der Waals surface area contributed by atoms with Crippen molar-refractivity contribution in [3.63, 3.8) is 0 Å². The Morgan fingerprint density at radius 1 is 0.469 bits per heavy atom. The monoisotopic (exact) mass is 701 g/mol. The Morgan fingerprint density at radius 2 is 0.837 bits per heavy atom. The molecule has 1 saturated heterocycles. The van der Waals surface area contributed by atoms with E-state index in [-0.39, 0.29) is 6.10 Å². The first-order chi connectivity index (χ1) is 24.0. The maximum atomic E-state index is 10.5. The van der Waals surface area contributed by atoms with Gasteiger partial charge in [-0.05, 0) is 25.7 Å². The number of aliphatic hydroxyl groups is 4. The highest BCUT2D eigenvalue weighted by Gasteiger charge is 2.43. The molecule has 0 bridgehead atoms. The average Bonchev–Trinajstić information content (AvgIpc) is 3.11. The van der Waals surface area contributed by atoms with Crippen LogP contribution in [0.3, 0.4) is 0 Å². The van der Waals surface area contributed by atoms with Gasteiger partial charge in [-0.2, -0.15) is 0 Å². The van der Waals surface area contributed by atoms with E-state index in [2.05, 4.69) is 13.8 Å². The lowest BCUT2D eigenvalue weighted by Crippen LogP contribution is -2.58. The van der Waals surface area contributed by atoms with Crippen molar-refractivity contribution in [1.29, 1.82) is 0 Å². The van der Waals surface area contributed by atoms with E-state index >= 15 is 0 Å². The van der Waals surface area contributed by atoms with Crippen LogP contribution in [0.4, 0.5) is 0 Å². The molecule has 0 aliphatic carbocycles. The summed E-state index contributed by atoms with van der Waals surface area (Å²) in [4.78, 5) is 0. The summed E-state index contributed by atoms with van der Waals surface area (Å²) in [6, 6.07) is 0. The van der Waals surface area contributed by atoms with Crippen LogP contribution in [0.2, 0.25) is 0 Å². The van der Waals surface area contributed by atoms with Gasteiger partial charge in [0.1, 0.15) is 24.4 Å². The van der Waals surface area contributed by atoms with Crippen molar-refractivity contribution >= 4 is 0 Å². The highest BCUT2D eigenvalue weighted by Crippen LogP contribution is 2.25. The lowest BCUT2D eigenvalue weighted by atomic mass is 9.92. The molecule has 1 aliphatic heterocycles. The number of unbranched alkanes of at least 4 members (excludes halogenated alkanes) is 26. The minimum absolute atomic E-state index is 0.110. The predicted octanol–water partition coefficient (Wildman–Crippen LogP) is 9.97. The van der Waals surface area contributed by atoms with Crippen LogP contribution in [0.5, 0.6) is 0 Å². The van der Waals surface area contributed by atoms with E-state index in [1.54, 1.807) is 0 Å². The molecule has 0 radical (unpaired) electrons. The molecule has 294 valence electrons. The van der Waals surface area contributed by atoms with Crippen molar-refractivity contribution in [2.75, 3.05) is 26.4 Å². The first-order valence-electron chi connectivity index (χ1n) is 21.5. The molecule has 0 spiro atoms. The molecule has 0 aromatic rings. The molecular weight excluding hydrogens is 616 g/mol. The minimum atomic E-state index is -1.33. The van der Waals surface area contributed by atoms with Crippen molar-refractivity contribution in [1.82, 2.24) is 0 Å². The highest BCUT2D eigenvalue weighted by atomic mass is 16.5. The summed E-state index contributed by atoms with van der Waals surface area (Å²) < 4.78 is 18.1. The van der Waals surface area contributed by atoms with Crippen LogP contribution >= 0.6 is 0 Å². The average molecular weight is 701 g/mol. The van der Waals surface area contributed by atoms with Crippen molar-refractivity contribution in [2.45, 2.75) is 243 Å². The lowest BCUT2D eigenvalue weighted by Gasteiger charge is -2.40. The first-order valence-corrected chi connectivity index (χ1v) is 21.5. The third kappa shape index (κ3) is 26.2. The summed E-state index contributed by atoms with van der Waals surface area (Å²) in [5.41, 5.74) is 0. The third-order valence-corrected chi connectivity index (χ3v) is 10.6. The third-order valence-electron chi connectivity index (χ3n) is 10.6. The van der Waals surface area contributed by atoms with Crippen LogP contribution < -0.4 is 0 Å². The SMILES string of the molecule is CCCCCCCCCCCCCCCCOC[C@H](CC[C@@H]1O[C@H](CO)[C@@H](O)[C@H](O)[C@H]1O)OCCCCCCCCCCCCCCCC. The molecule has 1 aliphatic rings. The normalized spacial score (nSPS) is 21.8. The van der Waals surface area contributed by atoms with Gasteiger partial charge in [-0.3, -0.25) is 0 Å². The van der Waals surface area contributed by atoms with Crippen molar-refractivity contribution in [3.05, 3.63) is 0 Å². The summed E-state index contributed by atoms with van der Waals surface area (Å²) in [7, 11) is 0. The van der Waals surface area contributed by atoms with Gasteiger partial charge in [0, 0.05) is 13.2 Å². The van der Waals surface area contributed by atoms with Gasteiger partial charge in [-0.25, -0.2) is 0 Å². The van der Waals surface area contributed by atoms with Gasteiger partial charge in [-0.15, -0.1) is 0 Å². The van der Waals surface area contributed by atoms with Crippen molar-refractivity contribution in [2.24, 2.45) is 0 Å². The fraction of sp³-hybridized carbons (Fsp3) is 1.00. The Bertz CT molecular complexity index is 663. The Morgan fingerprint density at radius 3 is 1.24 bits per heavy atom. The number of hydrogen-bond donors (Lipinski definition) is 4. The van der Waals surface area contributed by atoms with Crippen LogP contribution in [0, 0.1) is 0 Å². The maximum absolute atomic E-state index is 10.5. The molecule has 6 atom stereocenters. The molecule has 0 aromatic heterocycles. The first kappa shape index (κ1) is 46.7. The Balaban J connectivity index is 2.20. The van der Waals surface area contributed by atoms with Gasteiger partial charge >= 0.3 is 0 Å². The number of aliphatic hydroxyl groups excluding tert-OH is 4. The van der Waals surface area contributed by atoms with E-state index in [1.807, 2.05) is 0 Å². The lowest BCUT2D eigenvalue weighted by molar-refractivity contribution is -0.231. The second-order valence-electron chi connectivity index (χ2n) is 15.2. The molecule has 0 saturated carbocycles. The number of rotatable bonds is 37. The zero-order chi connectivity index (χ0) is 35.6. The Hall–Kier alpha value is -0.280. The van der Waals surface area contributed by atoms with Crippen LogP contribution in [-0.2, 0) is 14.2 Å². The molecule has 4 N–H and O–H groups in total. The van der Waals surface area contributed by atoms with E-state index in [0.29, 0.717) is 26.1 Å². The number of ether oxygens (including phenoxy) is 3. The van der Waals surface area contributed by atoms with Gasteiger partial charge in [0.25, 0.3) is 0 Å². The van der Waals surface area contributed by atoms with E-state index in [9.17, 15) is 20.4 Å². The summed E-state index contributed by atoms with van der Waals surface area (Å²) in [5.74, 6) is 0. The van der Waals surface area contributed by atoms with Gasteiger partial charge < -0.3 is 34.6 Å². The van der Waals surface area contributed by atoms with E-state index in [4.69, 9.17) is 14.2 Å². The van der Waals surface area contributed by atoms with Crippen molar-refractivity contribution in [3.8, 4) is 0 Å². The van der Waals surface area contributed by atoms with Gasteiger partial charge in [0.05, 0.1) is 25.4 Å². The predicted molar refractivity (Wildman–Crippen MR) is 204 cm³/mol. The van der Waals surface area contributed by atoms with Crippen LogP contribution in [-0.4, -0.2) is 83.5 Å². The van der Waals surface area contributed by atoms with Crippen LogP contribution in [0.1, 0.15) is 206 Å². The van der Waals surface area contributed by atoms with Gasteiger partial charge in [-0.1, -0.05) is 181 Å². The van der Waals surface area contributed by atoms with Crippen LogP contribution in [0.15, 0.2) is 0 Å². The summed E-state index contributed by atoms with van der Waals surface area (Å²) in [6.07, 6.45) is 33.0. The molecule has 1 rings (SSSR count). The molecule has 0 amide bonds. The second-order valence-corrected chi connectivity index (χ2v) is 15.2. The fourth-order valence-corrected chi connectivity index (χ4v) is 7.14. The summed E-state index contributed by atoms with van der Waals surface area (Å²) in [6.45, 7) is 6.09. The Kier molecular flexibility index (Phi) is 33.2. The maximum Gasteiger partial charge on any atom is 0.111 e.